The summed E-state index contributed by atoms with van der Waals surface area (Å²) in [5.74, 6) is 1.84. The van der Waals surface area contributed by atoms with E-state index < -0.39 is 0 Å². The summed E-state index contributed by atoms with van der Waals surface area (Å²) in [5.41, 5.74) is 3.04. The van der Waals surface area contributed by atoms with E-state index in [2.05, 4.69) is 33.9 Å². The molecule has 0 saturated heterocycles. The maximum Gasteiger partial charge on any atom is 0.234 e. The Kier molecular flexibility index (Phi) is 7.90. The lowest BCUT2D eigenvalue weighted by Gasteiger charge is -2.10. The highest BCUT2D eigenvalue weighted by atomic mass is 32.2. The SMILES string of the molecule is CCCCn1c(SCC(=O)Nc2ccc(CC)cc2)nnc1-c1ccc(OC)cc1. The van der Waals surface area contributed by atoms with E-state index in [1.165, 1.54) is 17.3 Å². The molecule has 0 unspecified atom stereocenters. The van der Waals surface area contributed by atoms with Gasteiger partial charge in [0.1, 0.15) is 5.75 Å². The van der Waals surface area contributed by atoms with E-state index in [1.54, 1.807) is 7.11 Å². The van der Waals surface area contributed by atoms with Gasteiger partial charge in [0, 0.05) is 17.8 Å². The molecule has 0 spiro atoms. The normalized spacial score (nSPS) is 10.8. The van der Waals surface area contributed by atoms with Gasteiger partial charge in [0.05, 0.1) is 12.9 Å². The number of unbranched alkanes of at least 4 members (excludes halogenated alkanes) is 1. The quantitative estimate of drug-likeness (QED) is 0.461. The zero-order valence-electron chi connectivity index (χ0n) is 17.7. The zero-order chi connectivity index (χ0) is 21.3. The van der Waals surface area contributed by atoms with Gasteiger partial charge < -0.3 is 14.6 Å². The van der Waals surface area contributed by atoms with Gasteiger partial charge in [0.25, 0.3) is 0 Å². The van der Waals surface area contributed by atoms with Gasteiger partial charge in [0.15, 0.2) is 11.0 Å². The molecule has 1 heterocycles. The largest absolute Gasteiger partial charge is 0.497 e. The Hall–Kier alpha value is -2.80. The molecular formula is C23H28N4O2S. The van der Waals surface area contributed by atoms with Crippen molar-refractivity contribution in [1.29, 1.82) is 0 Å². The van der Waals surface area contributed by atoms with Crippen LogP contribution in [0.5, 0.6) is 5.75 Å². The molecule has 3 aromatic rings. The molecule has 3 rings (SSSR count). The lowest BCUT2D eigenvalue weighted by Crippen LogP contribution is -2.14. The molecule has 7 heteroatoms. The van der Waals surface area contributed by atoms with Crippen molar-refractivity contribution < 1.29 is 9.53 Å². The number of ether oxygens (including phenoxy) is 1. The van der Waals surface area contributed by atoms with E-state index in [1.807, 2.05) is 48.5 Å². The summed E-state index contributed by atoms with van der Waals surface area (Å²) >= 11 is 1.41. The number of amides is 1. The van der Waals surface area contributed by atoms with Crippen molar-refractivity contribution in [3.8, 4) is 17.1 Å². The van der Waals surface area contributed by atoms with E-state index in [0.29, 0.717) is 0 Å². The molecule has 30 heavy (non-hydrogen) atoms. The van der Waals surface area contributed by atoms with E-state index in [-0.39, 0.29) is 11.7 Å². The fourth-order valence-corrected chi connectivity index (χ4v) is 3.78. The number of hydrogen-bond acceptors (Lipinski definition) is 5. The van der Waals surface area contributed by atoms with Gasteiger partial charge in [-0.05, 0) is 54.8 Å². The molecular weight excluding hydrogens is 396 g/mol. The van der Waals surface area contributed by atoms with Crippen LogP contribution in [0.25, 0.3) is 11.4 Å². The Labute approximate surface area is 182 Å². The molecule has 0 aliphatic heterocycles. The summed E-state index contributed by atoms with van der Waals surface area (Å²) in [5, 5.41) is 12.5. The standard InChI is InChI=1S/C23H28N4O2S/c1-4-6-15-27-22(18-9-13-20(29-3)14-10-18)25-26-23(27)30-16-21(28)24-19-11-7-17(5-2)8-12-19/h7-14H,4-6,15-16H2,1-3H3,(H,24,28). The first-order valence-corrected chi connectivity index (χ1v) is 11.2. The third-order valence-electron chi connectivity index (χ3n) is 4.78. The monoisotopic (exact) mass is 424 g/mol. The highest BCUT2D eigenvalue weighted by molar-refractivity contribution is 7.99. The van der Waals surface area contributed by atoms with Crippen molar-refractivity contribution in [3.05, 3.63) is 54.1 Å². The second-order valence-corrected chi connectivity index (χ2v) is 7.87. The number of benzene rings is 2. The van der Waals surface area contributed by atoms with E-state index >= 15 is 0 Å². The average molecular weight is 425 g/mol. The van der Waals surface area contributed by atoms with Crippen LogP contribution in [-0.4, -0.2) is 33.5 Å². The smallest absolute Gasteiger partial charge is 0.234 e. The van der Waals surface area contributed by atoms with Gasteiger partial charge in [-0.15, -0.1) is 10.2 Å². The van der Waals surface area contributed by atoms with Crippen molar-refractivity contribution in [2.45, 2.75) is 44.8 Å². The Morgan fingerprint density at radius 1 is 1.07 bits per heavy atom. The summed E-state index contributed by atoms with van der Waals surface area (Å²) in [6.07, 6.45) is 3.07. The summed E-state index contributed by atoms with van der Waals surface area (Å²) in [6.45, 7) is 5.08. The molecule has 1 N–H and O–H groups in total. The van der Waals surface area contributed by atoms with Crippen LogP contribution in [0.2, 0.25) is 0 Å². The fraction of sp³-hybridized carbons (Fsp3) is 0.348. The predicted molar refractivity (Wildman–Crippen MR) is 122 cm³/mol. The first-order valence-electron chi connectivity index (χ1n) is 10.2. The number of hydrogen-bond donors (Lipinski definition) is 1. The molecule has 0 fully saturated rings. The molecule has 2 aromatic carbocycles. The number of anilines is 1. The molecule has 0 aliphatic carbocycles. The number of methoxy groups -OCH3 is 1. The second kappa shape index (κ2) is 10.8. The van der Waals surface area contributed by atoms with Crippen molar-refractivity contribution >= 4 is 23.4 Å². The maximum atomic E-state index is 12.4. The number of carbonyl (C=O) groups is 1. The van der Waals surface area contributed by atoms with Gasteiger partial charge in [0.2, 0.25) is 5.91 Å². The van der Waals surface area contributed by atoms with Crippen LogP contribution in [0, 0.1) is 0 Å². The predicted octanol–water partition coefficient (Wildman–Crippen LogP) is 5.05. The average Bonchev–Trinajstić information content (AvgIpc) is 3.19. The van der Waals surface area contributed by atoms with Crippen LogP contribution in [0.3, 0.4) is 0 Å². The van der Waals surface area contributed by atoms with Crippen LogP contribution in [0.4, 0.5) is 5.69 Å². The number of nitrogens with zero attached hydrogens (tertiary/aromatic N) is 3. The van der Waals surface area contributed by atoms with Crippen LogP contribution >= 0.6 is 11.8 Å². The first kappa shape index (κ1) is 21.9. The van der Waals surface area contributed by atoms with Gasteiger partial charge in [-0.25, -0.2) is 0 Å². The van der Waals surface area contributed by atoms with Crippen LogP contribution in [0.1, 0.15) is 32.3 Å². The molecule has 6 nitrogen and oxygen atoms in total. The molecule has 0 atom stereocenters. The fourth-order valence-electron chi connectivity index (χ4n) is 3.02. The summed E-state index contributed by atoms with van der Waals surface area (Å²) in [4.78, 5) is 12.4. The maximum absolute atomic E-state index is 12.4. The molecule has 1 amide bonds. The first-order chi connectivity index (χ1) is 14.6. The third kappa shape index (κ3) is 5.63. The van der Waals surface area contributed by atoms with Crippen LogP contribution in [-0.2, 0) is 17.8 Å². The number of rotatable bonds is 10. The van der Waals surface area contributed by atoms with Crippen molar-refractivity contribution in [1.82, 2.24) is 14.8 Å². The Morgan fingerprint density at radius 3 is 2.43 bits per heavy atom. The Balaban J connectivity index is 1.69. The Morgan fingerprint density at radius 2 is 1.80 bits per heavy atom. The molecule has 1 aromatic heterocycles. The minimum absolute atomic E-state index is 0.0553. The summed E-state index contributed by atoms with van der Waals surface area (Å²) in [6, 6.07) is 15.7. The van der Waals surface area contributed by atoms with Gasteiger partial charge in [-0.3, -0.25) is 4.79 Å². The number of aromatic nitrogens is 3. The van der Waals surface area contributed by atoms with E-state index in [4.69, 9.17) is 4.74 Å². The van der Waals surface area contributed by atoms with Crippen LogP contribution < -0.4 is 10.1 Å². The molecule has 0 radical (unpaired) electrons. The zero-order valence-corrected chi connectivity index (χ0v) is 18.5. The topological polar surface area (TPSA) is 69.0 Å². The lowest BCUT2D eigenvalue weighted by atomic mass is 10.1. The summed E-state index contributed by atoms with van der Waals surface area (Å²) in [7, 11) is 1.65. The minimum atomic E-state index is -0.0553. The van der Waals surface area contributed by atoms with E-state index in [9.17, 15) is 4.79 Å². The number of nitrogens with one attached hydrogen (secondary N) is 1. The van der Waals surface area contributed by atoms with Crippen molar-refractivity contribution in [2.75, 3.05) is 18.2 Å². The highest BCUT2D eigenvalue weighted by Crippen LogP contribution is 2.26. The third-order valence-corrected chi connectivity index (χ3v) is 5.75. The summed E-state index contributed by atoms with van der Waals surface area (Å²) < 4.78 is 7.34. The number of thioether (sulfide) groups is 1. The Bertz CT molecular complexity index is 952. The van der Waals surface area contributed by atoms with Gasteiger partial charge in [-0.1, -0.05) is 44.2 Å². The van der Waals surface area contributed by atoms with Crippen molar-refractivity contribution in [2.24, 2.45) is 0 Å². The number of aryl methyl sites for hydroxylation is 1. The van der Waals surface area contributed by atoms with Crippen molar-refractivity contribution in [3.63, 3.8) is 0 Å². The minimum Gasteiger partial charge on any atom is -0.497 e. The molecule has 158 valence electrons. The van der Waals surface area contributed by atoms with E-state index in [0.717, 1.165) is 53.8 Å². The van der Waals surface area contributed by atoms with Gasteiger partial charge >= 0.3 is 0 Å². The molecule has 0 aliphatic rings. The second-order valence-electron chi connectivity index (χ2n) is 6.93. The van der Waals surface area contributed by atoms with Crippen LogP contribution in [0.15, 0.2) is 53.7 Å². The molecule has 0 bridgehead atoms. The lowest BCUT2D eigenvalue weighted by molar-refractivity contribution is -0.113. The molecule has 0 saturated carbocycles. The highest BCUT2D eigenvalue weighted by Gasteiger charge is 2.15. The van der Waals surface area contributed by atoms with Gasteiger partial charge in [-0.2, -0.15) is 0 Å². The number of carbonyl (C=O) groups excluding carboxylic acids is 1.